The predicted molar refractivity (Wildman–Crippen MR) is 121 cm³/mol. The van der Waals surface area contributed by atoms with Gasteiger partial charge in [-0.15, -0.1) is 0 Å². The number of hydrogen-bond acceptors (Lipinski definition) is 3. The number of anilines is 1. The summed E-state index contributed by atoms with van der Waals surface area (Å²) in [5, 5.41) is 0.460. The summed E-state index contributed by atoms with van der Waals surface area (Å²) in [6, 6.07) is 13.4. The minimum absolute atomic E-state index is 0.144. The first-order valence-electron chi connectivity index (χ1n) is 7.36. The molecule has 0 radical (unpaired) electrons. The van der Waals surface area contributed by atoms with Crippen LogP contribution in [0.15, 0.2) is 48.2 Å². The maximum absolute atomic E-state index is 13.0. The molecule has 7 heteroatoms. The summed E-state index contributed by atoms with van der Waals surface area (Å²) in [5.41, 5.74) is 2.13. The molecule has 0 aliphatic carbocycles. The Morgan fingerprint density at radius 3 is 2.48 bits per heavy atom. The summed E-state index contributed by atoms with van der Waals surface area (Å²) in [5.74, 6) is 0.605. The van der Waals surface area contributed by atoms with Gasteiger partial charge in [-0.05, 0) is 87.7 Å². The minimum atomic E-state index is -0.144. The molecule has 0 aromatic heterocycles. The fourth-order valence-electron chi connectivity index (χ4n) is 2.61. The van der Waals surface area contributed by atoms with Crippen molar-refractivity contribution in [2.45, 2.75) is 0 Å². The number of halogens is 2. The van der Waals surface area contributed by atoms with Gasteiger partial charge in [0, 0.05) is 16.2 Å². The van der Waals surface area contributed by atoms with E-state index in [0.717, 1.165) is 24.1 Å². The number of rotatable bonds is 3. The van der Waals surface area contributed by atoms with Crippen LogP contribution in [0.5, 0.6) is 5.75 Å². The van der Waals surface area contributed by atoms with Crippen LogP contribution in [-0.4, -0.2) is 30.1 Å². The van der Waals surface area contributed by atoms with Crippen molar-refractivity contribution in [2.24, 2.45) is 0 Å². The summed E-state index contributed by atoms with van der Waals surface area (Å²) in [6.45, 7) is 0. The first-order chi connectivity index (χ1) is 11.9. The Morgan fingerprint density at radius 1 is 1.16 bits per heavy atom. The van der Waals surface area contributed by atoms with Crippen LogP contribution in [0, 0.1) is 7.14 Å². The van der Waals surface area contributed by atoms with Crippen LogP contribution < -0.4 is 9.64 Å². The lowest BCUT2D eigenvalue weighted by Crippen LogP contribution is -2.30. The average molecular weight is 576 g/mol. The molecule has 1 heterocycles. The summed E-state index contributed by atoms with van der Waals surface area (Å²) in [4.78, 5) is 16.3. The zero-order chi connectivity index (χ0) is 18.1. The predicted octanol–water partition coefficient (Wildman–Crippen LogP) is 4.51. The molecular formula is C18H14I2N2O2S. The molecule has 1 fully saturated rings. The van der Waals surface area contributed by atoms with Crippen molar-refractivity contribution < 1.29 is 9.53 Å². The molecule has 3 rings (SSSR count). The number of benzene rings is 2. The van der Waals surface area contributed by atoms with Gasteiger partial charge in [0.25, 0.3) is 5.91 Å². The standard InChI is InChI=1S/C18H14I2N2O2S/c1-21-15(9-11-8-12(19)10-14(20)16(11)24-2)17(23)22(18(21)25)13-6-4-3-5-7-13/h3-10H,1-2H3/b15-9-. The highest BCUT2D eigenvalue weighted by Gasteiger charge is 2.36. The molecule has 2 aromatic carbocycles. The SMILES string of the molecule is COc1c(I)cc(I)cc1/C=C1/C(=O)N(c2ccccc2)C(=S)N1C. The zero-order valence-corrected chi connectivity index (χ0v) is 18.6. The third-order valence-electron chi connectivity index (χ3n) is 3.81. The van der Waals surface area contributed by atoms with E-state index in [9.17, 15) is 4.79 Å². The lowest BCUT2D eigenvalue weighted by Gasteiger charge is -2.16. The van der Waals surface area contributed by atoms with E-state index in [0.29, 0.717) is 10.8 Å². The van der Waals surface area contributed by atoms with E-state index in [4.69, 9.17) is 17.0 Å². The second-order valence-electron chi connectivity index (χ2n) is 5.36. The highest BCUT2D eigenvalue weighted by atomic mass is 127. The fourth-order valence-corrected chi connectivity index (χ4v) is 5.01. The number of methoxy groups -OCH3 is 1. The van der Waals surface area contributed by atoms with E-state index < -0.39 is 0 Å². The molecule has 1 aliphatic heterocycles. The normalized spacial score (nSPS) is 16.1. The molecule has 0 unspecified atom stereocenters. The van der Waals surface area contributed by atoms with Crippen molar-refractivity contribution in [1.82, 2.24) is 4.90 Å². The lowest BCUT2D eigenvalue weighted by atomic mass is 10.1. The van der Waals surface area contributed by atoms with Crippen LogP contribution in [0.1, 0.15) is 5.56 Å². The molecule has 1 aliphatic rings. The van der Waals surface area contributed by atoms with Gasteiger partial charge in [-0.25, -0.2) is 0 Å². The van der Waals surface area contributed by atoms with Crippen LogP contribution in [0.3, 0.4) is 0 Å². The lowest BCUT2D eigenvalue weighted by molar-refractivity contribution is -0.114. The summed E-state index contributed by atoms with van der Waals surface area (Å²) in [6.07, 6.45) is 1.83. The average Bonchev–Trinajstić information content (AvgIpc) is 2.79. The van der Waals surface area contributed by atoms with Crippen molar-refractivity contribution in [3.8, 4) is 5.75 Å². The number of para-hydroxylation sites is 1. The molecule has 25 heavy (non-hydrogen) atoms. The molecule has 4 nitrogen and oxygen atoms in total. The van der Waals surface area contributed by atoms with Crippen molar-refractivity contribution in [2.75, 3.05) is 19.1 Å². The van der Waals surface area contributed by atoms with Crippen LogP contribution in [-0.2, 0) is 4.79 Å². The van der Waals surface area contributed by atoms with E-state index in [1.807, 2.05) is 48.5 Å². The van der Waals surface area contributed by atoms with Crippen molar-refractivity contribution in [3.05, 3.63) is 60.9 Å². The molecular weight excluding hydrogens is 562 g/mol. The minimum Gasteiger partial charge on any atom is -0.495 e. The van der Waals surface area contributed by atoms with Gasteiger partial charge in [-0.1, -0.05) is 18.2 Å². The first-order valence-corrected chi connectivity index (χ1v) is 9.92. The third-order valence-corrected chi connectivity index (χ3v) is 5.69. The molecule has 0 saturated carbocycles. The van der Waals surface area contributed by atoms with E-state index in [2.05, 4.69) is 45.2 Å². The molecule has 128 valence electrons. The van der Waals surface area contributed by atoms with Gasteiger partial charge in [-0.2, -0.15) is 0 Å². The highest BCUT2D eigenvalue weighted by Crippen LogP contribution is 2.33. The molecule has 1 saturated heterocycles. The van der Waals surface area contributed by atoms with E-state index in [-0.39, 0.29) is 5.91 Å². The van der Waals surface area contributed by atoms with E-state index >= 15 is 0 Å². The number of ether oxygens (including phenoxy) is 1. The van der Waals surface area contributed by atoms with E-state index in [1.165, 1.54) is 0 Å². The second-order valence-corrected chi connectivity index (χ2v) is 8.13. The summed E-state index contributed by atoms with van der Waals surface area (Å²) in [7, 11) is 3.44. The monoisotopic (exact) mass is 576 g/mol. The fraction of sp³-hybridized carbons (Fsp3) is 0.111. The number of hydrogen-bond donors (Lipinski definition) is 0. The van der Waals surface area contributed by atoms with Gasteiger partial charge in [0.1, 0.15) is 11.4 Å². The van der Waals surface area contributed by atoms with Gasteiger partial charge in [0.2, 0.25) is 0 Å². The Labute approximate surface area is 179 Å². The number of likely N-dealkylation sites (N-methyl/N-ethyl adjacent to an activating group) is 1. The highest BCUT2D eigenvalue weighted by molar-refractivity contribution is 14.1. The summed E-state index contributed by atoms with van der Waals surface area (Å²) < 4.78 is 7.59. The Balaban J connectivity index is 2.08. The molecule has 0 N–H and O–H groups in total. The Hall–Kier alpha value is -1.20. The number of amides is 1. The van der Waals surface area contributed by atoms with Crippen molar-refractivity contribution >= 4 is 80.2 Å². The third kappa shape index (κ3) is 3.54. The number of carbonyl (C=O) groups excluding carboxylic acids is 1. The van der Waals surface area contributed by atoms with Crippen LogP contribution in [0.25, 0.3) is 6.08 Å². The van der Waals surface area contributed by atoms with E-state index in [1.54, 1.807) is 24.0 Å². The molecule has 0 spiro atoms. The molecule has 0 bridgehead atoms. The smallest absolute Gasteiger partial charge is 0.281 e. The number of nitrogens with zero attached hydrogens (tertiary/aromatic N) is 2. The quantitative estimate of drug-likeness (QED) is 0.306. The second kappa shape index (κ2) is 7.58. The van der Waals surface area contributed by atoms with Crippen LogP contribution in [0.2, 0.25) is 0 Å². The van der Waals surface area contributed by atoms with Crippen LogP contribution >= 0.6 is 57.4 Å². The van der Waals surface area contributed by atoms with Gasteiger partial charge < -0.3 is 9.64 Å². The summed E-state index contributed by atoms with van der Waals surface area (Å²) >= 11 is 9.97. The molecule has 2 aromatic rings. The maximum Gasteiger partial charge on any atom is 0.281 e. The first kappa shape index (κ1) is 18.6. The topological polar surface area (TPSA) is 32.8 Å². The van der Waals surface area contributed by atoms with Gasteiger partial charge in [0.05, 0.1) is 16.4 Å². The van der Waals surface area contributed by atoms with Crippen molar-refractivity contribution in [3.63, 3.8) is 0 Å². The van der Waals surface area contributed by atoms with Gasteiger partial charge >= 0.3 is 0 Å². The Bertz CT molecular complexity index is 884. The van der Waals surface area contributed by atoms with Gasteiger partial charge in [0.15, 0.2) is 5.11 Å². The van der Waals surface area contributed by atoms with Gasteiger partial charge in [-0.3, -0.25) is 9.69 Å². The Kier molecular flexibility index (Phi) is 5.64. The number of carbonyl (C=O) groups is 1. The molecule has 1 amide bonds. The number of thiocarbonyl (C=S) groups is 1. The Morgan fingerprint density at radius 2 is 1.84 bits per heavy atom. The zero-order valence-electron chi connectivity index (χ0n) is 13.5. The van der Waals surface area contributed by atoms with Crippen LogP contribution in [0.4, 0.5) is 5.69 Å². The van der Waals surface area contributed by atoms with Crippen molar-refractivity contribution in [1.29, 1.82) is 0 Å². The largest absolute Gasteiger partial charge is 0.495 e. The molecule has 0 atom stereocenters. The maximum atomic E-state index is 13.0.